The summed E-state index contributed by atoms with van der Waals surface area (Å²) in [7, 11) is 1.52. The van der Waals surface area contributed by atoms with Crippen molar-refractivity contribution in [2.75, 3.05) is 12.0 Å². The van der Waals surface area contributed by atoms with Crippen molar-refractivity contribution in [1.82, 2.24) is 5.32 Å². The predicted molar refractivity (Wildman–Crippen MR) is 137 cm³/mol. The van der Waals surface area contributed by atoms with E-state index in [0.29, 0.717) is 29.4 Å². The lowest BCUT2D eigenvalue weighted by Gasteiger charge is -2.26. The zero-order valence-corrected chi connectivity index (χ0v) is 19.4. The van der Waals surface area contributed by atoms with Crippen molar-refractivity contribution in [1.29, 1.82) is 0 Å². The zero-order valence-electron chi connectivity index (χ0n) is 19.4. The van der Waals surface area contributed by atoms with Gasteiger partial charge in [-0.15, -0.1) is 0 Å². The normalized spacial score (nSPS) is 14.8. The SMILES string of the molecule is COc1ccc2ccccc2c1/C=C1\C(=O)NC(=O)N(c2ccc(OCc3ccccc3)cc2)C1=O. The first-order valence-electron chi connectivity index (χ1n) is 11.3. The molecule has 0 saturated carbocycles. The minimum Gasteiger partial charge on any atom is -0.496 e. The number of nitrogens with zero attached hydrogens (tertiary/aromatic N) is 1. The Bertz CT molecular complexity index is 1490. The molecule has 1 N–H and O–H groups in total. The monoisotopic (exact) mass is 478 g/mol. The fourth-order valence-corrected chi connectivity index (χ4v) is 4.07. The standard InChI is InChI=1S/C29H22N2O5/c1-35-26-16-11-20-9-5-6-10-23(20)24(26)17-25-27(32)30-29(34)31(28(25)33)21-12-14-22(15-13-21)36-18-19-7-3-2-4-8-19/h2-17H,18H2,1H3,(H,30,32,34)/b25-17+. The highest BCUT2D eigenvalue weighted by Crippen LogP contribution is 2.32. The summed E-state index contributed by atoms with van der Waals surface area (Å²) in [5.74, 6) is -0.402. The van der Waals surface area contributed by atoms with Crippen LogP contribution in [0.1, 0.15) is 11.1 Å². The molecule has 0 unspecified atom stereocenters. The molecule has 7 nitrogen and oxygen atoms in total. The van der Waals surface area contributed by atoms with Gasteiger partial charge < -0.3 is 9.47 Å². The first-order chi connectivity index (χ1) is 17.5. The number of anilines is 1. The van der Waals surface area contributed by atoms with E-state index in [0.717, 1.165) is 21.2 Å². The number of nitrogens with one attached hydrogen (secondary N) is 1. The van der Waals surface area contributed by atoms with Gasteiger partial charge in [0.2, 0.25) is 0 Å². The van der Waals surface area contributed by atoms with E-state index in [1.165, 1.54) is 13.2 Å². The van der Waals surface area contributed by atoms with Crippen LogP contribution < -0.4 is 19.7 Å². The number of carbonyl (C=O) groups excluding carboxylic acids is 3. The van der Waals surface area contributed by atoms with Crippen LogP contribution in [0.5, 0.6) is 11.5 Å². The van der Waals surface area contributed by atoms with Crippen molar-refractivity contribution in [3.05, 3.63) is 108 Å². The molecule has 5 rings (SSSR count). The summed E-state index contributed by atoms with van der Waals surface area (Å²) < 4.78 is 11.3. The van der Waals surface area contributed by atoms with Crippen molar-refractivity contribution in [2.45, 2.75) is 6.61 Å². The molecule has 0 spiro atoms. The molecule has 4 aromatic carbocycles. The minimum atomic E-state index is -0.815. The Hall–Kier alpha value is -4.91. The number of amides is 4. The lowest BCUT2D eigenvalue weighted by Crippen LogP contribution is -2.54. The quantitative estimate of drug-likeness (QED) is 0.308. The zero-order chi connectivity index (χ0) is 25.1. The molecule has 1 aliphatic rings. The van der Waals surface area contributed by atoms with Gasteiger partial charge in [-0.1, -0.05) is 60.7 Å². The molecule has 1 saturated heterocycles. The summed E-state index contributed by atoms with van der Waals surface area (Å²) in [6, 6.07) is 26.7. The molecule has 1 heterocycles. The number of imide groups is 2. The van der Waals surface area contributed by atoms with Crippen molar-refractivity contribution in [3.63, 3.8) is 0 Å². The maximum absolute atomic E-state index is 13.4. The van der Waals surface area contributed by atoms with E-state index in [1.807, 2.05) is 60.7 Å². The van der Waals surface area contributed by atoms with Gasteiger partial charge in [0.15, 0.2) is 0 Å². The number of methoxy groups -OCH3 is 1. The van der Waals surface area contributed by atoms with E-state index in [2.05, 4.69) is 5.32 Å². The molecule has 1 aliphatic heterocycles. The second kappa shape index (κ2) is 9.76. The highest BCUT2D eigenvalue weighted by atomic mass is 16.5. The Morgan fingerprint density at radius 2 is 1.56 bits per heavy atom. The highest BCUT2D eigenvalue weighted by molar-refractivity contribution is 6.39. The molecule has 36 heavy (non-hydrogen) atoms. The third-order valence-corrected chi connectivity index (χ3v) is 5.88. The average molecular weight is 479 g/mol. The molecule has 4 aromatic rings. The number of ether oxygens (including phenoxy) is 2. The fraction of sp³-hybridized carbons (Fsp3) is 0.0690. The summed E-state index contributed by atoms with van der Waals surface area (Å²) in [6.45, 7) is 0.386. The molecule has 0 bridgehead atoms. The van der Waals surface area contributed by atoms with Crippen LogP contribution in [0.3, 0.4) is 0 Å². The highest BCUT2D eigenvalue weighted by Gasteiger charge is 2.37. The molecular formula is C29H22N2O5. The van der Waals surface area contributed by atoms with Crippen LogP contribution in [0.15, 0.2) is 96.6 Å². The molecule has 0 aromatic heterocycles. The first-order valence-corrected chi connectivity index (χ1v) is 11.3. The summed E-state index contributed by atoms with van der Waals surface area (Å²) >= 11 is 0. The Morgan fingerprint density at radius 3 is 2.31 bits per heavy atom. The second-order valence-corrected chi connectivity index (χ2v) is 8.13. The van der Waals surface area contributed by atoms with Gasteiger partial charge >= 0.3 is 6.03 Å². The largest absolute Gasteiger partial charge is 0.496 e. The average Bonchev–Trinajstić information content (AvgIpc) is 2.91. The molecule has 0 atom stereocenters. The molecule has 1 fully saturated rings. The van der Waals surface area contributed by atoms with Crippen LogP contribution in [0.25, 0.3) is 16.8 Å². The van der Waals surface area contributed by atoms with E-state index in [4.69, 9.17) is 9.47 Å². The summed E-state index contributed by atoms with van der Waals surface area (Å²) in [5, 5.41) is 4.00. The molecule has 4 amide bonds. The summed E-state index contributed by atoms with van der Waals surface area (Å²) in [6.07, 6.45) is 1.47. The van der Waals surface area contributed by atoms with Crippen molar-refractivity contribution < 1.29 is 23.9 Å². The van der Waals surface area contributed by atoms with Gasteiger partial charge in [-0.05, 0) is 52.7 Å². The molecule has 0 aliphatic carbocycles. The number of hydrogen-bond acceptors (Lipinski definition) is 5. The van der Waals surface area contributed by atoms with Crippen molar-refractivity contribution in [2.24, 2.45) is 0 Å². The van der Waals surface area contributed by atoms with Gasteiger partial charge in [0.05, 0.1) is 12.8 Å². The van der Waals surface area contributed by atoms with E-state index >= 15 is 0 Å². The van der Waals surface area contributed by atoms with Crippen molar-refractivity contribution >= 4 is 40.4 Å². The van der Waals surface area contributed by atoms with Crippen LogP contribution in [0.2, 0.25) is 0 Å². The molecule has 178 valence electrons. The minimum absolute atomic E-state index is 0.173. The number of urea groups is 1. The summed E-state index contributed by atoms with van der Waals surface area (Å²) in [4.78, 5) is 39.7. The number of barbiturate groups is 1. The van der Waals surface area contributed by atoms with Gasteiger partial charge in [-0.25, -0.2) is 9.69 Å². The van der Waals surface area contributed by atoms with E-state index in [1.54, 1.807) is 30.3 Å². The van der Waals surface area contributed by atoms with Gasteiger partial charge in [-0.3, -0.25) is 14.9 Å². The number of rotatable bonds is 6. The Balaban J connectivity index is 1.45. The second-order valence-electron chi connectivity index (χ2n) is 8.13. The van der Waals surface area contributed by atoms with Crippen LogP contribution in [0, 0.1) is 0 Å². The van der Waals surface area contributed by atoms with E-state index in [9.17, 15) is 14.4 Å². The topological polar surface area (TPSA) is 84.9 Å². The Kier molecular flexibility index (Phi) is 6.19. The van der Waals surface area contributed by atoms with Crippen LogP contribution in [-0.2, 0) is 16.2 Å². The lowest BCUT2D eigenvalue weighted by molar-refractivity contribution is -0.122. The maximum atomic E-state index is 13.4. The van der Waals surface area contributed by atoms with Crippen LogP contribution in [0.4, 0.5) is 10.5 Å². The van der Waals surface area contributed by atoms with Gasteiger partial charge in [0, 0.05) is 5.56 Å². The number of fused-ring (bicyclic) bond motifs is 1. The van der Waals surface area contributed by atoms with E-state index < -0.39 is 17.8 Å². The Morgan fingerprint density at radius 1 is 0.833 bits per heavy atom. The number of hydrogen-bond donors (Lipinski definition) is 1. The molecule has 7 heteroatoms. The van der Waals surface area contributed by atoms with Gasteiger partial charge in [0.25, 0.3) is 11.8 Å². The molecular weight excluding hydrogens is 456 g/mol. The Labute approximate surface area is 207 Å². The summed E-state index contributed by atoms with van der Waals surface area (Å²) in [5.41, 5.74) is 1.74. The van der Waals surface area contributed by atoms with Gasteiger partial charge in [-0.2, -0.15) is 0 Å². The third-order valence-electron chi connectivity index (χ3n) is 5.88. The smallest absolute Gasteiger partial charge is 0.335 e. The van der Waals surface area contributed by atoms with Crippen molar-refractivity contribution in [3.8, 4) is 11.5 Å². The first kappa shape index (κ1) is 22.9. The number of carbonyl (C=O) groups is 3. The van der Waals surface area contributed by atoms with Crippen LogP contribution in [-0.4, -0.2) is 25.0 Å². The lowest BCUT2D eigenvalue weighted by atomic mass is 9.99. The fourth-order valence-electron chi connectivity index (χ4n) is 4.07. The maximum Gasteiger partial charge on any atom is 0.335 e. The molecule has 0 radical (unpaired) electrons. The predicted octanol–water partition coefficient (Wildman–Crippen LogP) is 5.09. The van der Waals surface area contributed by atoms with Gasteiger partial charge in [0.1, 0.15) is 23.7 Å². The third kappa shape index (κ3) is 4.42. The number of benzene rings is 4. The van der Waals surface area contributed by atoms with E-state index in [-0.39, 0.29) is 5.57 Å². The van der Waals surface area contributed by atoms with Crippen LogP contribution >= 0.6 is 0 Å².